The Bertz CT molecular complexity index is 470. The van der Waals surface area contributed by atoms with Gasteiger partial charge in [-0.15, -0.1) is 0 Å². The molecule has 1 atom stereocenters. The summed E-state index contributed by atoms with van der Waals surface area (Å²) in [6, 6.07) is 0. The van der Waals surface area contributed by atoms with Crippen molar-refractivity contribution in [2.45, 2.75) is 18.2 Å². The minimum absolute atomic E-state index is 0.237. The van der Waals surface area contributed by atoms with Crippen LogP contribution in [0.1, 0.15) is 6.92 Å². The Kier molecular flexibility index (Phi) is 5.39. The number of ether oxygens (including phenoxy) is 1. The Morgan fingerprint density at radius 3 is 2.94 bits per heavy atom. The van der Waals surface area contributed by atoms with Crippen LogP contribution in [-0.2, 0) is 11.8 Å². The summed E-state index contributed by atoms with van der Waals surface area (Å²) in [5.74, 6) is 0.340. The van der Waals surface area contributed by atoms with Crippen LogP contribution in [-0.4, -0.2) is 44.9 Å². The number of H-pyrrole nitrogens is 1. The van der Waals surface area contributed by atoms with Gasteiger partial charge in [-0.05, 0) is 6.92 Å². The van der Waals surface area contributed by atoms with Gasteiger partial charge >= 0.3 is 11.1 Å². The molecule has 0 saturated carbocycles. The van der Waals surface area contributed by atoms with Crippen LogP contribution in [0.5, 0.6) is 0 Å². The number of thioether (sulfide) groups is 1. The van der Waals surface area contributed by atoms with Crippen molar-refractivity contribution in [3.05, 3.63) is 20.7 Å². The number of nitrogens with zero attached hydrogens (tertiary/aromatic N) is 2. The number of aryl methyl sites for hydroxylation is 1. The lowest BCUT2D eigenvalue weighted by Gasteiger charge is -2.10. The van der Waals surface area contributed by atoms with E-state index < -0.39 is 17.2 Å². The molecule has 17 heavy (non-hydrogen) atoms. The smallest absolute Gasteiger partial charge is 0.339 e. The van der Waals surface area contributed by atoms with Crippen LogP contribution < -0.4 is 11.1 Å². The van der Waals surface area contributed by atoms with Crippen LogP contribution in [0.25, 0.3) is 0 Å². The van der Waals surface area contributed by atoms with Crippen LogP contribution in [0.15, 0.2) is 14.7 Å². The molecule has 0 aliphatic rings. The van der Waals surface area contributed by atoms with E-state index >= 15 is 0 Å². The molecular weight excluding hydrogens is 246 g/mol. The number of nitrogens with one attached hydrogen (secondary N) is 1. The van der Waals surface area contributed by atoms with Crippen molar-refractivity contribution in [2.75, 3.05) is 19.0 Å². The highest BCUT2D eigenvalue weighted by atomic mass is 32.2. The number of rotatable bonds is 6. The third-order valence-electron chi connectivity index (χ3n) is 1.87. The summed E-state index contributed by atoms with van der Waals surface area (Å²) < 4.78 is 6.40. The van der Waals surface area contributed by atoms with Crippen molar-refractivity contribution in [1.82, 2.24) is 14.8 Å². The van der Waals surface area contributed by atoms with Gasteiger partial charge < -0.3 is 9.84 Å². The molecule has 1 unspecified atom stereocenters. The number of aliphatic hydroxyl groups excluding tert-OH is 1. The lowest BCUT2D eigenvalue weighted by molar-refractivity contribution is 0.0551. The number of aromatic nitrogens is 3. The van der Waals surface area contributed by atoms with E-state index in [-0.39, 0.29) is 6.61 Å². The van der Waals surface area contributed by atoms with Crippen LogP contribution in [0.4, 0.5) is 0 Å². The van der Waals surface area contributed by atoms with Gasteiger partial charge in [-0.25, -0.2) is 0 Å². The van der Waals surface area contributed by atoms with Crippen molar-refractivity contribution < 1.29 is 9.84 Å². The van der Waals surface area contributed by atoms with E-state index in [1.54, 1.807) is 7.05 Å². The zero-order chi connectivity index (χ0) is 12.8. The first-order chi connectivity index (χ1) is 8.04. The highest BCUT2D eigenvalue weighted by molar-refractivity contribution is 7.99. The van der Waals surface area contributed by atoms with E-state index in [2.05, 4.69) is 10.1 Å². The fraction of sp³-hybridized carbons (Fsp3) is 0.667. The van der Waals surface area contributed by atoms with Gasteiger partial charge in [-0.1, -0.05) is 11.8 Å². The Balaban J connectivity index is 2.60. The SMILES string of the molecule is CCOCC(O)CSc1nc(=O)c(=O)[nH]n1C. The van der Waals surface area contributed by atoms with Crippen LogP contribution in [0.2, 0.25) is 0 Å². The van der Waals surface area contributed by atoms with E-state index in [1.807, 2.05) is 6.92 Å². The standard InChI is InChI=1S/C9H15N3O4S/c1-3-16-4-6(13)5-17-9-10-7(14)8(15)11-12(9)2/h6,13H,3-5H2,1-2H3,(H,11,15). The van der Waals surface area contributed by atoms with Gasteiger partial charge in [-0.3, -0.25) is 19.4 Å². The summed E-state index contributed by atoms with van der Waals surface area (Å²) in [6.45, 7) is 2.62. The van der Waals surface area contributed by atoms with Crippen LogP contribution in [0.3, 0.4) is 0 Å². The van der Waals surface area contributed by atoms with Gasteiger partial charge in [0.15, 0.2) is 5.16 Å². The van der Waals surface area contributed by atoms with E-state index in [4.69, 9.17) is 4.74 Å². The van der Waals surface area contributed by atoms with E-state index in [0.717, 1.165) is 0 Å². The minimum Gasteiger partial charge on any atom is -0.390 e. The first-order valence-electron chi connectivity index (χ1n) is 5.10. The number of hydrogen-bond donors (Lipinski definition) is 2. The highest BCUT2D eigenvalue weighted by Crippen LogP contribution is 2.12. The third-order valence-corrected chi connectivity index (χ3v) is 3.04. The van der Waals surface area contributed by atoms with Crippen molar-refractivity contribution in [3.63, 3.8) is 0 Å². The lowest BCUT2D eigenvalue weighted by atomic mass is 10.4. The monoisotopic (exact) mass is 261 g/mol. The molecule has 1 heterocycles. The molecule has 8 heteroatoms. The molecule has 2 N–H and O–H groups in total. The summed E-state index contributed by atoms with van der Waals surface area (Å²) in [5, 5.41) is 12.2. The van der Waals surface area contributed by atoms with Crippen molar-refractivity contribution in [3.8, 4) is 0 Å². The molecule has 0 amide bonds. The molecule has 1 aromatic rings. The Labute approximate surface area is 102 Å². The summed E-state index contributed by atoms with van der Waals surface area (Å²) in [4.78, 5) is 25.6. The molecule has 0 spiro atoms. The third kappa shape index (κ3) is 4.33. The fourth-order valence-electron chi connectivity index (χ4n) is 1.06. The highest BCUT2D eigenvalue weighted by Gasteiger charge is 2.09. The largest absolute Gasteiger partial charge is 0.390 e. The molecule has 0 radical (unpaired) electrons. The van der Waals surface area contributed by atoms with Gasteiger partial charge in [0.05, 0.1) is 12.7 Å². The maximum absolute atomic E-state index is 11.0. The van der Waals surface area contributed by atoms with E-state index in [1.165, 1.54) is 16.4 Å². The molecule has 0 aliphatic heterocycles. The Morgan fingerprint density at radius 2 is 2.29 bits per heavy atom. The zero-order valence-electron chi connectivity index (χ0n) is 9.67. The predicted molar refractivity (Wildman–Crippen MR) is 63.3 cm³/mol. The van der Waals surface area contributed by atoms with Gasteiger partial charge in [0.25, 0.3) is 0 Å². The first-order valence-corrected chi connectivity index (χ1v) is 6.09. The van der Waals surface area contributed by atoms with Crippen LogP contribution in [0, 0.1) is 0 Å². The van der Waals surface area contributed by atoms with Crippen LogP contribution >= 0.6 is 11.8 Å². The summed E-state index contributed by atoms with van der Waals surface area (Å²) in [7, 11) is 1.57. The van der Waals surface area contributed by atoms with Gasteiger partial charge in [0.2, 0.25) is 0 Å². The average molecular weight is 261 g/mol. The maximum atomic E-state index is 11.0. The zero-order valence-corrected chi connectivity index (χ0v) is 10.5. The summed E-state index contributed by atoms with van der Waals surface area (Å²) in [5.41, 5.74) is -1.59. The quantitative estimate of drug-likeness (QED) is 0.501. The van der Waals surface area contributed by atoms with Gasteiger partial charge in [0.1, 0.15) is 0 Å². The second-order valence-corrected chi connectivity index (χ2v) is 4.31. The molecule has 0 aliphatic carbocycles. The van der Waals surface area contributed by atoms with Crippen molar-refractivity contribution >= 4 is 11.8 Å². The lowest BCUT2D eigenvalue weighted by Crippen LogP contribution is -2.34. The predicted octanol–water partition coefficient (Wildman–Crippen LogP) is -1.04. The van der Waals surface area contributed by atoms with Gasteiger partial charge in [0, 0.05) is 19.4 Å². The van der Waals surface area contributed by atoms with E-state index in [0.29, 0.717) is 17.5 Å². The normalized spacial score (nSPS) is 12.6. The number of aromatic amines is 1. The first kappa shape index (κ1) is 13.9. The molecule has 96 valence electrons. The second kappa shape index (κ2) is 6.58. The molecule has 0 aromatic carbocycles. The average Bonchev–Trinajstić information content (AvgIpc) is 2.29. The molecule has 7 nitrogen and oxygen atoms in total. The second-order valence-electron chi connectivity index (χ2n) is 3.32. The molecule has 0 bridgehead atoms. The molecular formula is C9H15N3O4S. The minimum atomic E-state index is -0.829. The molecule has 0 fully saturated rings. The van der Waals surface area contributed by atoms with E-state index in [9.17, 15) is 14.7 Å². The maximum Gasteiger partial charge on any atom is 0.339 e. The molecule has 1 rings (SSSR count). The molecule has 0 saturated heterocycles. The van der Waals surface area contributed by atoms with Crippen molar-refractivity contribution in [2.24, 2.45) is 7.05 Å². The fourth-order valence-corrected chi connectivity index (χ4v) is 1.89. The summed E-state index contributed by atoms with van der Waals surface area (Å²) in [6.07, 6.45) is -0.635. The Hall–Kier alpha value is -1.12. The van der Waals surface area contributed by atoms with Crippen molar-refractivity contribution in [1.29, 1.82) is 0 Å². The molecule has 1 aromatic heterocycles. The van der Waals surface area contributed by atoms with Gasteiger partial charge in [-0.2, -0.15) is 4.98 Å². The summed E-state index contributed by atoms with van der Waals surface area (Å²) >= 11 is 1.18. The number of aliphatic hydroxyl groups is 1. The number of hydrogen-bond acceptors (Lipinski definition) is 6. The Morgan fingerprint density at radius 1 is 1.59 bits per heavy atom. The topological polar surface area (TPSA) is 97.2 Å².